The van der Waals surface area contributed by atoms with E-state index in [-0.39, 0.29) is 29.6 Å². The molecule has 8 heteroatoms. The summed E-state index contributed by atoms with van der Waals surface area (Å²) in [4.78, 5) is 24.8. The van der Waals surface area contributed by atoms with E-state index >= 15 is 0 Å². The summed E-state index contributed by atoms with van der Waals surface area (Å²) < 4.78 is 5.64. The molecule has 3 aromatic carbocycles. The maximum Gasteiger partial charge on any atom is 0.266 e. The second kappa shape index (κ2) is 10.8. The lowest BCUT2D eigenvalue weighted by Crippen LogP contribution is -2.21. The van der Waals surface area contributed by atoms with Gasteiger partial charge in [-0.05, 0) is 67.1 Å². The Morgan fingerprint density at radius 1 is 1.09 bits per heavy atom. The Labute approximate surface area is 195 Å². The van der Waals surface area contributed by atoms with Crippen molar-refractivity contribution < 1.29 is 19.4 Å². The average Bonchev–Trinajstić information content (AvgIpc) is 2.79. The van der Waals surface area contributed by atoms with E-state index in [1.165, 1.54) is 36.4 Å². The van der Waals surface area contributed by atoms with Crippen molar-refractivity contribution in [1.29, 1.82) is 5.26 Å². The predicted molar refractivity (Wildman–Crippen MR) is 127 cm³/mol. The van der Waals surface area contributed by atoms with Crippen LogP contribution in [0.1, 0.15) is 11.1 Å². The van der Waals surface area contributed by atoms with Gasteiger partial charge >= 0.3 is 0 Å². The summed E-state index contributed by atoms with van der Waals surface area (Å²) in [5.41, 5.74) is 2.18. The van der Waals surface area contributed by atoms with Gasteiger partial charge in [-0.2, -0.15) is 5.26 Å². The summed E-state index contributed by atoms with van der Waals surface area (Å²) in [5.74, 6) is -0.674. The molecule has 3 rings (SSSR count). The Morgan fingerprint density at radius 2 is 1.82 bits per heavy atom. The van der Waals surface area contributed by atoms with Gasteiger partial charge in [-0.1, -0.05) is 29.8 Å². The number of phenols is 1. The molecule has 166 valence electrons. The van der Waals surface area contributed by atoms with Gasteiger partial charge in [-0.15, -0.1) is 0 Å². The summed E-state index contributed by atoms with van der Waals surface area (Å²) in [6, 6.07) is 19.7. The molecule has 0 aliphatic rings. The van der Waals surface area contributed by atoms with Crippen molar-refractivity contribution in [3.05, 3.63) is 88.5 Å². The van der Waals surface area contributed by atoms with Gasteiger partial charge in [-0.25, -0.2) is 0 Å². The van der Waals surface area contributed by atoms with Gasteiger partial charge in [0.15, 0.2) is 6.61 Å². The Bertz CT molecular complexity index is 1250. The molecule has 0 aliphatic heterocycles. The number of halogens is 1. The Morgan fingerprint density at radius 3 is 2.52 bits per heavy atom. The number of nitrogens with one attached hydrogen (secondary N) is 2. The molecule has 0 unspecified atom stereocenters. The topological polar surface area (TPSA) is 111 Å². The molecular formula is C25H20ClN3O4. The predicted octanol–water partition coefficient (Wildman–Crippen LogP) is 4.92. The lowest BCUT2D eigenvalue weighted by Gasteiger charge is -2.12. The first-order valence-corrected chi connectivity index (χ1v) is 10.2. The molecular weight excluding hydrogens is 442 g/mol. The normalized spacial score (nSPS) is 10.8. The molecule has 33 heavy (non-hydrogen) atoms. The van der Waals surface area contributed by atoms with Gasteiger partial charge in [0.05, 0.1) is 0 Å². The van der Waals surface area contributed by atoms with E-state index in [4.69, 9.17) is 16.3 Å². The number of amides is 2. The number of phenolic OH excluding ortho intramolecular Hbond substituents is 1. The minimum atomic E-state index is -0.647. The van der Waals surface area contributed by atoms with Crippen LogP contribution in [0.2, 0.25) is 5.02 Å². The van der Waals surface area contributed by atoms with Gasteiger partial charge in [0.2, 0.25) is 0 Å². The monoisotopic (exact) mass is 461 g/mol. The second-order valence-corrected chi connectivity index (χ2v) is 7.44. The van der Waals surface area contributed by atoms with Gasteiger partial charge in [0.1, 0.15) is 23.1 Å². The molecule has 0 saturated heterocycles. The van der Waals surface area contributed by atoms with E-state index in [0.29, 0.717) is 22.0 Å². The number of ether oxygens (including phenoxy) is 1. The highest BCUT2D eigenvalue weighted by Crippen LogP contribution is 2.26. The number of aryl methyl sites for hydroxylation is 1. The highest BCUT2D eigenvalue weighted by atomic mass is 35.5. The number of rotatable bonds is 7. The van der Waals surface area contributed by atoms with Crippen LogP contribution in [-0.2, 0) is 9.59 Å². The van der Waals surface area contributed by atoms with Crippen LogP contribution in [0.3, 0.4) is 0 Å². The first-order valence-electron chi connectivity index (χ1n) is 9.85. The zero-order valence-electron chi connectivity index (χ0n) is 17.6. The lowest BCUT2D eigenvalue weighted by atomic mass is 10.1. The third-order valence-electron chi connectivity index (χ3n) is 4.54. The minimum Gasteiger partial charge on any atom is -0.508 e. The molecule has 0 saturated carbocycles. The van der Waals surface area contributed by atoms with Crippen LogP contribution in [0.4, 0.5) is 11.4 Å². The van der Waals surface area contributed by atoms with E-state index in [2.05, 4.69) is 10.6 Å². The van der Waals surface area contributed by atoms with Crippen molar-refractivity contribution >= 4 is 40.9 Å². The maximum absolute atomic E-state index is 12.5. The number of anilines is 2. The number of nitrogens with zero attached hydrogens (tertiary/aromatic N) is 1. The number of hydrogen-bond acceptors (Lipinski definition) is 5. The van der Waals surface area contributed by atoms with Crippen molar-refractivity contribution in [3.63, 3.8) is 0 Å². The third kappa shape index (κ3) is 6.60. The smallest absolute Gasteiger partial charge is 0.266 e. The van der Waals surface area contributed by atoms with Crippen LogP contribution in [0.5, 0.6) is 11.5 Å². The van der Waals surface area contributed by atoms with Crippen LogP contribution >= 0.6 is 11.6 Å². The molecule has 0 aliphatic carbocycles. The Hall–Kier alpha value is -4.28. The Kier molecular flexibility index (Phi) is 7.68. The first-order chi connectivity index (χ1) is 15.9. The maximum atomic E-state index is 12.5. The SMILES string of the molecule is Cc1ccccc1NC(=O)COc1ccc(Cl)cc1/C=C(\C#N)C(=O)Nc1ccc(O)cc1. The average molecular weight is 462 g/mol. The lowest BCUT2D eigenvalue weighted by molar-refractivity contribution is -0.118. The van der Waals surface area contributed by atoms with Crippen molar-refractivity contribution in [2.75, 3.05) is 17.2 Å². The Balaban J connectivity index is 1.75. The fourth-order valence-electron chi connectivity index (χ4n) is 2.85. The van der Waals surface area contributed by atoms with E-state index < -0.39 is 5.91 Å². The number of hydrogen-bond donors (Lipinski definition) is 3. The first kappa shape index (κ1) is 23.4. The van der Waals surface area contributed by atoms with E-state index in [9.17, 15) is 20.0 Å². The zero-order valence-corrected chi connectivity index (χ0v) is 18.4. The molecule has 2 amide bonds. The molecule has 3 aromatic rings. The van der Waals surface area contributed by atoms with Crippen molar-refractivity contribution in [2.24, 2.45) is 0 Å². The molecule has 0 spiro atoms. The number of benzene rings is 3. The largest absolute Gasteiger partial charge is 0.508 e. The molecule has 0 aromatic heterocycles. The number of aromatic hydroxyl groups is 1. The number of nitriles is 1. The molecule has 0 heterocycles. The molecule has 0 fully saturated rings. The fraction of sp³-hybridized carbons (Fsp3) is 0.0800. The van der Waals surface area contributed by atoms with E-state index in [1.807, 2.05) is 31.2 Å². The van der Waals surface area contributed by atoms with Crippen molar-refractivity contribution in [1.82, 2.24) is 0 Å². The van der Waals surface area contributed by atoms with Crippen molar-refractivity contribution in [3.8, 4) is 17.6 Å². The van der Waals surface area contributed by atoms with Gasteiger partial charge in [-0.3, -0.25) is 9.59 Å². The standard InChI is InChI=1S/C25H20ClN3O4/c1-16-4-2-3-5-22(16)29-24(31)15-33-23-11-6-19(26)13-17(23)12-18(14-27)25(32)28-20-7-9-21(30)10-8-20/h2-13,30H,15H2,1H3,(H,28,32)(H,29,31)/b18-12+. The third-order valence-corrected chi connectivity index (χ3v) is 4.77. The zero-order chi connectivity index (χ0) is 23.8. The van der Waals surface area contributed by atoms with Crippen LogP contribution < -0.4 is 15.4 Å². The summed E-state index contributed by atoms with van der Waals surface area (Å²) in [6.07, 6.45) is 1.33. The van der Waals surface area contributed by atoms with Crippen LogP contribution in [0.15, 0.2) is 72.3 Å². The summed E-state index contributed by atoms with van der Waals surface area (Å²) >= 11 is 6.08. The highest BCUT2D eigenvalue weighted by molar-refractivity contribution is 6.30. The molecule has 0 radical (unpaired) electrons. The minimum absolute atomic E-state index is 0.0521. The quantitative estimate of drug-likeness (QED) is 0.263. The molecule has 3 N–H and O–H groups in total. The van der Waals surface area contributed by atoms with Gasteiger partial charge in [0.25, 0.3) is 11.8 Å². The van der Waals surface area contributed by atoms with Gasteiger partial charge in [0, 0.05) is 22.0 Å². The molecule has 0 atom stereocenters. The highest BCUT2D eigenvalue weighted by Gasteiger charge is 2.13. The van der Waals surface area contributed by atoms with Gasteiger partial charge < -0.3 is 20.5 Å². The fourth-order valence-corrected chi connectivity index (χ4v) is 3.03. The summed E-state index contributed by atoms with van der Waals surface area (Å²) in [5, 5.41) is 24.6. The summed E-state index contributed by atoms with van der Waals surface area (Å²) in [6.45, 7) is 1.60. The second-order valence-electron chi connectivity index (χ2n) is 7.00. The van der Waals surface area contributed by atoms with E-state index in [0.717, 1.165) is 5.56 Å². The number of carbonyl (C=O) groups is 2. The van der Waals surface area contributed by atoms with Crippen LogP contribution in [0, 0.1) is 18.3 Å². The molecule has 7 nitrogen and oxygen atoms in total. The number of para-hydroxylation sites is 1. The van der Waals surface area contributed by atoms with Crippen LogP contribution in [-0.4, -0.2) is 23.5 Å². The number of carbonyl (C=O) groups excluding carboxylic acids is 2. The van der Waals surface area contributed by atoms with Crippen LogP contribution in [0.25, 0.3) is 6.08 Å². The summed E-state index contributed by atoms with van der Waals surface area (Å²) in [7, 11) is 0. The van der Waals surface area contributed by atoms with Crippen molar-refractivity contribution in [2.45, 2.75) is 6.92 Å². The molecule has 0 bridgehead atoms. The van der Waals surface area contributed by atoms with E-state index in [1.54, 1.807) is 18.2 Å².